The van der Waals surface area contributed by atoms with Crippen molar-refractivity contribution in [2.75, 3.05) is 23.3 Å². The Kier molecular flexibility index (Phi) is 5.62. The summed E-state index contributed by atoms with van der Waals surface area (Å²) in [5.74, 6) is -0.358. The molecule has 2 amide bonds. The molecule has 1 aliphatic rings. The fourth-order valence-corrected chi connectivity index (χ4v) is 3.54. The molecule has 1 fully saturated rings. The largest absolute Gasteiger partial charge is 0.367 e. The van der Waals surface area contributed by atoms with Gasteiger partial charge in [-0.25, -0.2) is 9.18 Å². The number of urea groups is 1. The number of anilines is 2. The van der Waals surface area contributed by atoms with Crippen LogP contribution in [0.15, 0.2) is 55.1 Å². The summed E-state index contributed by atoms with van der Waals surface area (Å²) in [7, 11) is 0. The number of amides is 2. The fourth-order valence-electron chi connectivity index (χ4n) is 3.38. The summed E-state index contributed by atoms with van der Waals surface area (Å²) in [6.07, 6.45) is 7.58. The Hall–Kier alpha value is -3.13. The SMILES string of the molecule is O=C(Nc1cnn(Cc2cccnc2)c1)NC1CCN(c2ccc(Cl)cc2F)C1. The van der Waals surface area contributed by atoms with Gasteiger partial charge in [-0.05, 0) is 36.2 Å². The van der Waals surface area contributed by atoms with Crippen molar-refractivity contribution < 1.29 is 9.18 Å². The molecule has 0 bridgehead atoms. The van der Waals surface area contributed by atoms with Crippen molar-refractivity contribution in [3.8, 4) is 0 Å². The standard InChI is InChI=1S/C20H20ClFN6O/c21-15-3-4-19(18(22)8-15)27-7-5-16(12-27)25-20(29)26-17-10-24-28(13-17)11-14-2-1-6-23-9-14/h1-4,6,8-10,13,16H,5,7,11-12H2,(H2,25,26,29). The fraction of sp³-hybridized carbons (Fsp3) is 0.250. The first-order valence-electron chi connectivity index (χ1n) is 9.26. The summed E-state index contributed by atoms with van der Waals surface area (Å²) in [4.78, 5) is 18.3. The highest BCUT2D eigenvalue weighted by atomic mass is 35.5. The molecule has 1 aliphatic heterocycles. The Bertz CT molecular complexity index is 996. The van der Waals surface area contributed by atoms with Gasteiger partial charge >= 0.3 is 6.03 Å². The molecular weight excluding hydrogens is 395 g/mol. The zero-order valence-corrected chi connectivity index (χ0v) is 16.3. The normalized spacial score (nSPS) is 16.1. The summed E-state index contributed by atoms with van der Waals surface area (Å²) in [5.41, 5.74) is 2.12. The second-order valence-electron chi connectivity index (χ2n) is 6.91. The van der Waals surface area contributed by atoms with Crippen molar-refractivity contribution >= 4 is 29.0 Å². The number of benzene rings is 1. The minimum Gasteiger partial charge on any atom is -0.367 e. The second kappa shape index (κ2) is 8.48. The van der Waals surface area contributed by atoms with E-state index in [-0.39, 0.29) is 17.9 Å². The molecule has 3 aromatic rings. The van der Waals surface area contributed by atoms with Crippen LogP contribution in [0.25, 0.3) is 0 Å². The lowest BCUT2D eigenvalue weighted by molar-refractivity contribution is 0.249. The molecule has 150 valence electrons. The minimum absolute atomic E-state index is 0.0736. The monoisotopic (exact) mass is 414 g/mol. The molecule has 1 unspecified atom stereocenters. The highest BCUT2D eigenvalue weighted by Crippen LogP contribution is 2.26. The molecule has 2 N–H and O–H groups in total. The molecule has 1 atom stereocenters. The maximum absolute atomic E-state index is 14.1. The topological polar surface area (TPSA) is 75.1 Å². The van der Waals surface area contributed by atoms with Gasteiger partial charge in [0, 0.05) is 42.7 Å². The van der Waals surface area contributed by atoms with E-state index in [4.69, 9.17) is 11.6 Å². The highest BCUT2D eigenvalue weighted by Gasteiger charge is 2.26. The third kappa shape index (κ3) is 4.83. The van der Waals surface area contributed by atoms with Gasteiger partial charge in [0.25, 0.3) is 0 Å². The average Bonchev–Trinajstić information content (AvgIpc) is 3.32. The molecule has 29 heavy (non-hydrogen) atoms. The lowest BCUT2D eigenvalue weighted by Gasteiger charge is -2.19. The lowest BCUT2D eigenvalue weighted by atomic mass is 10.2. The van der Waals surface area contributed by atoms with E-state index >= 15 is 0 Å². The van der Waals surface area contributed by atoms with Gasteiger partial charge in [-0.1, -0.05) is 17.7 Å². The van der Waals surface area contributed by atoms with Crippen LogP contribution in [0.4, 0.5) is 20.6 Å². The predicted molar refractivity (Wildman–Crippen MR) is 110 cm³/mol. The average molecular weight is 415 g/mol. The summed E-state index contributed by atoms with van der Waals surface area (Å²) in [6.45, 7) is 1.76. The molecule has 9 heteroatoms. The van der Waals surface area contributed by atoms with E-state index in [1.165, 1.54) is 6.07 Å². The Morgan fingerprint density at radius 1 is 1.31 bits per heavy atom. The molecule has 0 spiro atoms. The van der Waals surface area contributed by atoms with Gasteiger partial charge in [-0.2, -0.15) is 5.10 Å². The number of carbonyl (C=O) groups excluding carboxylic acids is 1. The van der Waals surface area contributed by atoms with Gasteiger partial charge < -0.3 is 15.5 Å². The third-order valence-electron chi connectivity index (χ3n) is 4.73. The van der Waals surface area contributed by atoms with Crippen LogP contribution < -0.4 is 15.5 Å². The van der Waals surface area contributed by atoms with Crippen LogP contribution in [-0.4, -0.2) is 39.9 Å². The van der Waals surface area contributed by atoms with Crippen LogP contribution in [0.3, 0.4) is 0 Å². The van der Waals surface area contributed by atoms with Crippen LogP contribution in [0, 0.1) is 5.82 Å². The van der Waals surface area contributed by atoms with Crippen molar-refractivity contribution in [1.29, 1.82) is 0 Å². The molecular formula is C20H20ClFN6O. The quantitative estimate of drug-likeness (QED) is 0.669. The maximum Gasteiger partial charge on any atom is 0.319 e. The van der Waals surface area contributed by atoms with E-state index < -0.39 is 0 Å². The van der Waals surface area contributed by atoms with E-state index in [0.29, 0.717) is 36.0 Å². The minimum atomic E-state index is -0.358. The lowest BCUT2D eigenvalue weighted by Crippen LogP contribution is -2.39. The number of nitrogens with zero attached hydrogens (tertiary/aromatic N) is 4. The maximum atomic E-state index is 14.1. The van der Waals surface area contributed by atoms with Gasteiger partial charge in [-0.15, -0.1) is 0 Å². The van der Waals surface area contributed by atoms with Crippen molar-refractivity contribution in [1.82, 2.24) is 20.1 Å². The molecule has 3 heterocycles. The number of aromatic nitrogens is 3. The molecule has 7 nitrogen and oxygen atoms in total. The molecule has 0 aliphatic carbocycles. The summed E-state index contributed by atoms with van der Waals surface area (Å²) in [5, 5.41) is 10.3. The predicted octanol–water partition coefficient (Wildman–Crippen LogP) is 3.52. The highest BCUT2D eigenvalue weighted by molar-refractivity contribution is 6.30. The number of hydrogen-bond acceptors (Lipinski definition) is 4. The molecule has 1 aromatic carbocycles. The first-order valence-corrected chi connectivity index (χ1v) is 9.63. The first kappa shape index (κ1) is 19.2. The van der Waals surface area contributed by atoms with Crippen LogP contribution in [0.1, 0.15) is 12.0 Å². The van der Waals surface area contributed by atoms with E-state index in [9.17, 15) is 9.18 Å². The zero-order valence-electron chi connectivity index (χ0n) is 15.6. The van der Waals surface area contributed by atoms with E-state index in [0.717, 1.165) is 12.0 Å². The van der Waals surface area contributed by atoms with Gasteiger partial charge in [0.1, 0.15) is 5.82 Å². The molecule has 0 saturated carbocycles. The van der Waals surface area contributed by atoms with Crippen LogP contribution in [0.5, 0.6) is 0 Å². The first-order chi connectivity index (χ1) is 14.1. The van der Waals surface area contributed by atoms with Crippen LogP contribution in [-0.2, 0) is 6.54 Å². The van der Waals surface area contributed by atoms with E-state index in [1.54, 1.807) is 41.6 Å². The van der Waals surface area contributed by atoms with E-state index in [1.807, 2.05) is 17.0 Å². The smallest absolute Gasteiger partial charge is 0.319 e. The summed E-state index contributed by atoms with van der Waals surface area (Å²) >= 11 is 5.81. The Balaban J connectivity index is 1.29. The molecule has 4 rings (SSSR count). The van der Waals surface area contributed by atoms with Gasteiger partial charge in [0.05, 0.1) is 24.1 Å². The van der Waals surface area contributed by atoms with Crippen LogP contribution >= 0.6 is 11.6 Å². The Morgan fingerprint density at radius 2 is 2.21 bits per heavy atom. The number of hydrogen-bond donors (Lipinski definition) is 2. The zero-order chi connectivity index (χ0) is 20.2. The Morgan fingerprint density at radius 3 is 3.00 bits per heavy atom. The molecule has 0 radical (unpaired) electrons. The Labute approximate surface area is 172 Å². The number of rotatable bonds is 5. The molecule has 1 saturated heterocycles. The summed E-state index contributed by atoms with van der Waals surface area (Å²) in [6, 6.07) is 8.07. The van der Waals surface area contributed by atoms with Gasteiger partial charge in [0.15, 0.2) is 0 Å². The van der Waals surface area contributed by atoms with Crippen molar-refractivity contribution in [2.24, 2.45) is 0 Å². The third-order valence-corrected chi connectivity index (χ3v) is 4.97. The van der Waals surface area contributed by atoms with E-state index in [2.05, 4.69) is 20.7 Å². The number of halogens is 2. The van der Waals surface area contributed by atoms with Crippen molar-refractivity contribution in [3.63, 3.8) is 0 Å². The number of carbonyl (C=O) groups is 1. The number of nitrogens with one attached hydrogen (secondary N) is 2. The van der Waals surface area contributed by atoms with Crippen molar-refractivity contribution in [3.05, 3.63) is 71.5 Å². The summed E-state index contributed by atoms with van der Waals surface area (Å²) < 4.78 is 15.8. The second-order valence-corrected chi connectivity index (χ2v) is 7.35. The number of pyridine rings is 1. The van der Waals surface area contributed by atoms with Gasteiger partial charge in [-0.3, -0.25) is 9.67 Å². The van der Waals surface area contributed by atoms with Gasteiger partial charge in [0.2, 0.25) is 0 Å². The van der Waals surface area contributed by atoms with Crippen LogP contribution in [0.2, 0.25) is 5.02 Å². The van der Waals surface area contributed by atoms with Crippen molar-refractivity contribution in [2.45, 2.75) is 19.0 Å². The molecule has 2 aromatic heterocycles.